The summed E-state index contributed by atoms with van der Waals surface area (Å²) >= 11 is 0. The SMILES string of the molecule is Cc1nc(NCc2cccc(C(F)F)c2F)c2c(n1)N(C)C(=O)N(C1CCN(C)CC1)C2. The summed E-state index contributed by atoms with van der Waals surface area (Å²) < 4.78 is 40.6. The summed E-state index contributed by atoms with van der Waals surface area (Å²) in [5, 5.41) is 3.09. The van der Waals surface area contributed by atoms with Crippen molar-refractivity contribution in [2.75, 3.05) is 37.4 Å². The van der Waals surface area contributed by atoms with Gasteiger partial charge >= 0.3 is 6.03 Å². The van der Waals surface area contributed by atoms with E-state index in [4.69, 9.17) is 0 Å². The number of alkyl halides is 2. The molecule has 0 unspecified atom stereocenters. The van der Waals surface area contributed by atoms with E-state index in [0.717, 1.165) is 37.6 Å². The minimum Gasteiger partial charge on any atom is -0.365 e. The van der Waals surface area contributed by atoms with Gasteiger partial charge in [-0.1, -0.05) is 18.2 Å². The first-order chi connectivity index (χ1) is 15.3. The molecular weight excluding hydrogens is 421 g/mol. The first-order valence-corrected chi connectivity index (χ1v) is 10.7. The van der Waals surface area contributed by atoms with Crippen LogP contribution in [0.1, 0.15) is 41.8 Å². The maximum absolute atomic E-state index is 14.5. The fourth-order valence-electron chi connectivity index (χ4n) is 4.35. The molecule has 1 aromatic heterocycles. The average molecular weight is 448 g/mol. The van der Waals surface area contributed by atoms with Crippen LogP contribution >= 0.6 is 0 Å². The number of fused-ring (bicyclic) bond motifs is 1. The van der Waals surface area contributed by atoms with Gasteiger partial charge in [-0.25, -0.2) is 27.9 Å². The Hall–Kier alpha value is -2.88. The van der Waals surface area contributed by atoms with Gasteiger partial charge < -0.3 is 15.1 Å². The zero-order chi connectivity index (χ0) is 23.0. The Labute approximate surface area is 185 Å². The second kappa shape index (κ2) is 8.93. The van der Waals surface area contributed by atoms with E-state index in [9.17, 15) is 18.0 Å². The smallest absolute Gasteiger partial charge is 0.325 e. The predicted octanol–water partition coefficient (Wildman–Crippen LogP) is 3.94. The van der Waals surface area contributed by atoms with E-state index in [1.54, 1.807) is 14.0 Å². The number of nitrogens with zero attached hydrogens (tertiary/aromatic N) is 5. The number of piperidine rings is 1. The van der Waals surface area contributed by atoms with Gasteiger partial charge in [0, 0.05) is 25.2 Å². The van der Waals surface area contributed by atoms with Crippen molar-refractivity contribution in [3.63, 3.8) is 0 Å². The molecule has 0 atom stereocenters. The first kappa shape index (κ1) is 22.3. The maximum atomic E-state index is 14.5. The third-order valence-corrected chi connectivity index (χ3v) is 6.19. The first-order valence-electron chi connectivity index (χ1n) is 10.7. The summed E-state index contributed by atoms with van der Waals surface area (Å²) in [6, 6.07) is 3.97. The van der Waals surface area contributed by atoms with E-state index in [2.05, 4.69) is 27.2 Å². The Morgan fingerprint density at radius 1 is 1.19 bits per heavy atom. The average Bonchev–Trinajstić information content (AvgIpc) is 2.76. The maximum Gasteiger partial charge on any atom is 0.325 e. The lowest BCUT2D eigenvalue weighted by Gasteiger charge is -2.42. The van der Waals surface area contributed by atoms with Crippen LogP contribution in [-0.2, 0) is 13.1 Å². The topological polar surface area (TPSA) is 64.6 Å². The monoisotopic (exact) mass is 448 g/mol. The van der Waals surface area contributed by atoms with Gasteiger partial charge in [0.25, 0.3) is 6.43 Å². The van der Waals surface area contributed by atoms with Crippen LogP contribution < -0.4 is 10.2 Å². The Morgan fingerprint density at radius 3 is 2.59 bits per heavy atom. The number of carbonyl (C=O) groups excluding carboxylic acids is 1. The van der Waals surface area contributed by atoms with Crippen LogP contribution in [0.25, 0.3) is 0 Å². The number of aromatic nitrogens is 2. The molecule has 32 heavy (non-hydrogen) atoms. The molecule has 2 aromatic rings. The standard InChI is InChI=1S/C22H27F3N6O/c1-13-27-20(26-11-14-5-4-6-16(18(14)23)19(24)25)17-12-31(15-7-9-29(2)10-8-15)22(32)30(3)21(17)28-13/h4-6,15,19H,7-12H2,1-3H3,(H,26,27,28). The van der Waals surface area contributed by atoms with Crippen molar-refractivity contribution in [1.29, 1.82) is 0 Å². The van der Waals surface area contributed by atoms with Crippen molar-refractivity contribution >= 4 is 17.7 Å². The third-order valence-electron chi connectivity index (χ3n) is 6.19. The largest absolute Gasteiger partial charge is 0.365 e. The van der Waals surface area contributed by atoms with Gasteiger partial charge in [-0.3, -0.25) is 4.90 Å². The van der Waals surface area contributed by atoms with Crippen molar-refractivity contribution in [2.24, 2.45) is 0 Å². The number of aryl methyl sites for hydroxylation is 1. The van der Waals surface area contributed by atoms with Crippen LogP contribution in [0, 0.1) is 12.7 Å². The quantitative estimate of drug-likeness (QED) is 0.751. The molecule has 2 aliphatic rings. The molecule has 0 saturated carbocycles. The molecule has 0 radical (unpaired) electrons. The number of likely N-dealkylation sites (tertiary alicyclic amines) is 1. The fourth-order valence-corrected chi connectivity index (χ4v) is 4.35. The zero-order valence-electron chi connectivity index (χ0n) is 18.4. The van der Waals surface area contributed by atoms with Crippen LogP contribution in [0.2, 0.25) is 0 Å². The van der Waals surface area contributed by atoms with Gasteiger partial charge in [-0.2, -0.15) is 0 Å². The lowest BCUT2D eigenvalue weighted by atomic mass is 10.0. The van der Waals surface area contributed by atoms with Crippen LogP contribution in [0.4, 0.5) is 29.6 Å². The van der Waals surface area contributed by atoms with Crippen molar-refractivity contribution in [3.8, 4) is 0 Å². The third kappa shape index (κ3) is 4.23. The molecule has 1 aromatic carbocycles. The van der Waals surface area contributed by atoms with E-state index >= 15 is 0 Å². The lowest BCUT2D eigenvalue weighted by Crippen LogP contribution is -2.53. The summed E-state index contributed by atoms with van der Waals surface area (Å²) in [5.74, 6) is 0.526. The molecular formula is C22H27F3N6O. The second-order valence-corrected chi connectivity index (χ2v) is 8.40. The Bertz CT molecular complexity index is 1010. The van der Waals surface area contributed by atoms with E-state index in [0.29, 0.717) is 24.0 Å². The van der Waals surface area contributed by atoms with Crippen molar-refractivity contribution in [3.05, 3.63) is 46.5 Å². The number of hydrogen-bond acceptors (Lipinski definition) is 5. The van der Waals surface area contributed by atoms with Gasteiger partial charge in [-0.15, -0.1) is 0 Å². The van der Waals surface area contributed by atoms with E-state index in [1.807, 2.05) is 4.90 Å². The van der Waals surface area contributed by atoms with Crippen LogP contribution in [0.15, 0.2) is 18.2 Å². The highest BCUT2D eigenvalue weighted by molar-refractivity contribution is 5.94. The Balaban J connectivity index is 1.61. The predicted molar refractivity (Wildman–Crippen MR) is 115 cm³/mol. The van der Waals surface area contributed by atoms with Crippen LogP contribution in [0.3, 0.4) is 0 Å². The number of carbonyl (C=O) groups is 1. The summed E-state index contributed by atoms with van der Waals surface area (Å²) in [6.07, 6.45) is -1.12. The molecule has 1 saturated heterocycles. The minimum atomic E-state index is -2.88. The van der Waals surface area contributed by atoms with Crippen molar-refractivity contribution < 1.29 is 18.0 Å². The highest BCUT2D eigenvalue weighted by Gasteiger charge is 2.36. The van der Waals surface area contributed by atoms with E-state index in [1.165, 1.54) is 17.0 Å². The van der Waals surface area contributed by atoms with Gasteiger partial charge in [0.15, 0.2) is 0 Å². The van der Waals surface area contributed by atoms with Crippen LogP contribution in [0.5, 0.6) is 0 Å². The molecule has 1 N–H and O–H groups in total. The molecule has 0 spiro atoms. The zero-order valence-corrected chi connectivity index (χ0v) is 18.4. The molecule has 0 bridgehead atoms. The fraction of sp³-hybridized carbons (Fsp3) is 0.500. The van der Waals surface area contributed by atoms with E-state index in [-0.39, 0.29) is 24.2 Å². The van der Waals surface area contributed by atoms with Gasteiger partial charge in [0.05, 0.1) is 17.7 Å². The number of rotatable bonds is 5. The molecule has 1 fully saturated rings. The molecule has 2 aliphatic heterocycles. The number of hydrogen-bond donors (Lipinski definition) is 1. The molecule has 172 valence electrons. The number of amides is 2. The highest BCUT2D eigenvalue weighted by Crippen LogP contribution is 2.34. The van der Waals surface area contributed by atoms with Crippen LogP contribution in [-0.4, -0.2) is 59.0 Å². The minimum absolute atomic E-state index is 0.0127. The number of benzene rings is 1. The molecule has 2 amide bonds. The number of nitrogens with one attached hydrogen (secondary N) is 1. The Morgan fingerprint density at radius 2 is 1.91 bits per heavy atom. The summed E-state index contributed by atoms with van der Waals surface area (Å²) in [6.45, 7) is 3.88. The number of urea groups is 1. The molecule has 4 rings (SSSR count). The van der Waals surface area contributed by atoms with Crippen molar-refractivity contribution in [1.82, 2.24) is 19.8 Å². The lowest BCUT2D eigenvalue weighted by molar-refractivity contribution is 0.129. The number of anilines is 2. The highest BCUT2D eigenvalue weighted by atomic mass is 19.3. The second-order valence-electron chi connectivity index (χ2n) is 8.40. The molecule has 3 heterocycles. The molecule has 7 nitrogen and oxygen atoms in total. The normalized spacial score (nSPS) is 17.8. The van der Waals surface area contributed by atoms with Gasteiger partial charge in [-0.05, 0) is 39.9 Å². The van der Waals surface area contributed by atoms with Crippen molar-refractivity contribution in [2.45, 2.75) is 45.3 Å². The molecule has 0 aliphatic carbocycles. The van der Waals surface area contributed by atoms with Gasteiger partial charge in [0.1, 0.15) is 23.3 Å². The van der Waals surface area contributed by atoms with Gasteiger partial charge in [0.2, 0.25) is 0 Å². The van der Waals surface area contributed by atoms with E-state index < -0.39 is 17.8 Å². The Kier molecular flexibility index (Phi) is 6.23. The molecule has 10 heteroatoms. The summed E-state index contributed by atoms with van der Waals surface area (Å²) in [5.41, 5.74) is 0.242. The summed E-state index contributed by atoms with van der Waals surface area (Å²) in [7, 11) is 3.75. The summed E-state index contributed by atoms with van der Waals surface area (Å²) in [4.78, 5) is 27.6. The number of halogens is 3.